The van der Waals surface area contributed by atoms with Gasteiger partial charge < -0.3 is 0 Å². The van der Waals surface area contributed by atoms with Crippen molar-refractivity contribution in [3.63, 3.8) is 0 Å². The molecular weight excluding hydrogens is 245 g/mol. The highest BCUT2D eigenvalue weighted by molar-refractivity contribution is 6.34. The van der Waals surface area contributed by atoms with Gasteiger partial charge in [-0.25, -0.2) is 0 Å². The molecule has 4 heteroatoms. The van der Waals surface area contributed by atoms with E-state index < -0.39 is 0 Å². The molecule has 1 atom stereocenters. The summed E-state index contributed by atoms with van der Waals surface area (Å²) in [7, 11) is 0. The topological polar surface area (TPSA) is 29.4 Å². The van der Waals surface area contributed by atoms with Gasteiger partial charge in [-0.05, 0) is 29.6 Å². The van der Waals surface area contributed by atoms with Crippen LogP contribution in [0.2, 0.25) is 0 Å². The molecule has 16 heavy (non-hydrogen) atoms. The highest BCUT2D eigenvalue weighted by Gasteiger charge is 2.22. The van der Waals surface area contributed by atoms with Crippen molar-refractivity contribution in [3.8, 4) is 0 Å². The van der Waals surface area contributed by atoms with Crippen molar-refractivity contribution in [1.29, 1.82) is 0 Å². The lowest BCUT2D eigenvalue weighted by molar-refractivity contribution is -0.102. The first kappa shape index (κ1) is 11.6. The number of aldehydes is 1. The predicted octanol–water partition coefficient (Wildman–Crippen LogP) is 3.57. The van der Waals surface area contributed by atoms with E-state index in [0.29, 0.717) is 12.1 Å². The van der Waals surface area contributed by atoms with E-state index in [-0.39, 0.29) is 5.92 Å². The summed E-state index contributed by atoms with van der Waals surface area (Å²) in [6.07, 6.45) is 5.66. The van der Waals surface area contributed by atoms with Gasteiger partial charge >= 0.3 is 0 Å². The Kier molecular flexibility index (Phi) is 3.31. The summed E-state index contributed by atoms with van der Waals surface area (Å²) in [5.74, 6) is 0.232. The third-order valence-electron chi connectivity index (χ3n) is 2.73. The normalized spacial score (nSPS) is 25.2. The summed E-state index contributed by atoms with van der Waals surface area (Å²) in [6, 6.07) is 0. The third-order valence-corrected chi connectivity index (χ3v) is 3.57. The van der Waals surface area contributed by atoms with Gasteiger partial charge in [-0.3, -0.25) is 9.79 Å². The van der Waals surface area contributed by atoms with Crippen LogP contribution < -0.4 is 0 Å². The highest BCUT2D eigenvalue weighted by Crippen LogP contribution is 2.38. The summed E-state index contributed by atoms with van der Waals surface area (Å²) < 4.78 is 0. The third kappa shape index (κ3) is 2.13. The zero-order valence-electron chi connectivity index (χ0n) is 8.84. The first-order valence-corrected chi connectivity index (χ1v) is 5.84. The number of nitrogens with zero attached hydrogens (tertiary/aromatic N) is 1. The lowest BCUT2D eigenvalue weighted by Crippen LogP contribution is -2.06. The van der Waals surface area contributed by atoms with Crippen LogP contribution in [-0.2, 0) is 4.79 Å². The SMILES string of the molecule is CC1CC(Cl)=CC(C2=CN=C(C=O)C2)=C1Cl. The first-order valence-electron chi connectivity index (χ1n) is 5.09. The van der Waals surface area contributed by atoms with Gasteiger partial charge in [-0.2, -0.15) is 0 Å². The summed E-state index contributed by atoms with van der Waals surface area (Å²) in [5, 5.41) is 1.60. The summed E-state index contributed by atoms with van der Waals surface area (Å²) in [4.78, 5) is 14.6. The van der Waals surface area contributed by atoms with E-state index >= 15 is 0 Å². The molecule has 0 fully saturated rings. The Labute approximate surface area is 104 Å². The minimum Gasteiger partial charge on any atom is -0.297 e. The fourth-order valence-electron chi connectivity index (χ4n) is 1.86. The van der Waals surface area contributed by atoms with Crippen LogP contribution in [0.25, 0.3) is 0 Å². The predicted molar refractivity (Wildman–Crippen MR) is 66.8 cm³/mol. The largest absolute Gasteiger partial charge is 0.297 e. The molecule has 0 aromatic carbocycles. The molecule has 0 N–H and O–H groups in total. The van der Waals surface area contributed by atoms with Crippen LogP contribution in [0.3, 0.4) is 0 Å². The van der Waals surface area contributed by atoms with Crippen LogP contribution in [0.1, 0.15) is 19.8 Å². The molecule has 0 spiro atoms. The van der Waals surface area contributed by atoms with Gasteiger partial charge in [-0.1, -0.05) is 30.1 Å². The molecule has 0 saturated carbocycles. The standard InChI is InChI=1S/C12H11Cl2NO/c1-7-2-9(13)4-11(12(7)14)8-3-10(6-16)15-5-8/h4-7H,2-3H2,1H3. The number of aliphatic imine (C=N–C) groups is 1. The number of carbonyl (C=O) groups is 1. The molecule has 0 aromatic heterocycles. The lowest BCUT2D eigenvalue weighted by atomic mass is 9.92. The molecule has 0 amide bonds. The molecule has 1 aliphatic carbocycles. The van der Waals surface area contributed by atoms with Crippen molar-refractivity contribution in [3.05, 3.63) is 33.5 Å². The Morgan fingerprint density at radius 2 is 2.25 bits per heavy atom. The van der Waals surface area contributed by atoms with E-state index in [1.165, 1.54) is 0 Å². The van der Waals surface area contributed by atoms with Crippen LogP contribution in [-0.4, -0.2) is 12.0 Å². The van der Waals surface area contributed by atoms with E-state index in [0.717, 1.165) is 33.9 Å². The van der Waals surface area contributed by atoms with E-state index in [9.17, 15) is 4.79 Å². The molecule has 2 aliphatic rings. The van der Waals surface area contributed by atoms with Crippen molar-refractivity contribution in [2.45, 2.75) is 19.8 Å². The minimum atomic E-state index is 0.232. The molecule has 0 radical (unpaired) electrons. The molecule has 1 heterocycles. The van der Waals surface area contributed by atoms with Gasteiger partial charge in [-0.15, -0.1) is 0 Å². The molecule has 84 valence electrons. The molecule has 2 rings (SSSR count). The van der Waals surface area contributed by atoms with Gasteiger partial charge in [0, 0.05) is 22.7 Å². The number of carbonyl (C=O) groups excluding carboxylic acids is 1. The maximum Gasteiger partial charge on any atom is 0.164 e. The van der Waals surface area contributed by atoms with Crippen LogP contribution >= 0.6 is 23.2 Å². The van der Waals surface area contributed by atoms with E-state index in [1.54, 1.807) is 6.20 Å². The maximum atomic E-state index is 10.6. The van der Waals surface area contributed by atoms with Gasteiger partial charge in [0.15, 0.2) is 6.29 Å². The Morgan fingerprint density at radius 3 is 2.88 bits per heavy atom. The quantitative estimate of drug-likeness (QED) is 0.694. The summed E-state index contributed by atoms with van der Waals surface area (Å²) in [6.45, 7) is 2.04. The maximum absolute atomic E-state index is 10.6. The average molecular weight is 256 g/mol. The zero-order chi connectivity index (χ0) is 11.7. The van der Waals surface area contributed by atoms with Crippen molar-refractivity contribution in [2.24, 2.45) is 10.9 Å². The van der Waals surface area contributed by atoms with Crippen LogP contribution in [0.4, 0.5) is 0 Å². The van der Waals surface area contributed by atoms with Gasteiger partial charge in [0.2, 0.25) is 0 Å². The first-order chi connectivity index (χ1) is 7.61. The van der Waals surface area contributed by atoms with Crippen molar-refractivity contribution in [2.75, 3.05) is 0 Å². The van der Waals surface area contributed by atoms with Gasteiger partial charge in [0.05, 0.1) is 5.71 Å². The summed E-state index contributed by atoms with van der Waals surface area (Å²) >= 11 is 12.3. The highest BCUT2D eigenvalue weighted by atomic mass is 35.5. The summed E-state index contributed by atoms with van der Waals surface area (Å²) in [5.41, 5.74) is 2.43. The molecule has 0 saturated heterocycles. The number of halogens is 2. The Hall–Kier alpha value is -0.860. The zero-order valence-corrected chi connectivity index (χ0v) is 10.3. The molecule has 1 aliphatic heterocycles. The molecule has 0 bridgehead atoms. The smallest absolute Gasteiger partial charge is 0.164 e. The number of hydrogen-bond donors (Lipinski definition) is 0. The fraction of sp³-hybridized carbons (Fsp3) is 0.333. The van der Waals surface area contributed by atoms with Crippen molar-refractivity contribution >= 4 is 35.2 Å². The lowest BCUT2D eigenvalue weighted by Gasteiger charge is -2.19. The van der Waals surface area contributed by atoms with Crippen LogP contribution in [0, 0.1) is 5.92 Å². The van der Waals surface area contributed by atoms with E-state index in [1.807, 2.05) is 13.0 Å². The Morgan fingerprint density at radius 1 is 1.50 bits per heavy atom. The molecular formula is C12H11Cl2NO. The molecule has 2 nitrogen and oxygen atoms in total. The number of hydrogen-bond acceptors (Lipinski definition) is 2. The monoisotopic (exact) mass is 255 g/mol. The fourth-order valence-corrected chi connectivity index (χ4v) is 2.46. The number of rotatable bonds is 2. The van der Waals surface area contributed by atoms with E-state index in [2.05, 4.69) is 4.99 Å². The van der Waals surface area contributed by atoms with Crippen LogP contribution in [0.5, 0.6) is 0 Å². The van der Waals surface area contributed by atoms with E-state index in [4.69, 9.17) is 23.2 Å². The van der Waals surface area contributed by atoms with Crippen molar-refractivity contribution in [1.82, 2.24) is 0 Å². The van der Waals surface area contributed by atoms with Gasteiger partial charge in [0.25, 0.3) is 0 Å². The van der Waals surface area contributed by atoms with Crippen LogP contribution in [0.15, 0.2) is 38.5 Å². The molecule has 0 aromatic rings. The second kappa shape index (κ2) is 4.56. The second-order valence-corrected chi connectivity index (χ2v) is 4.92. The number of allylic oxidation sites excluding steroid dienone is 5. The van der Waals surface area contributed by atoms with Gasteiger partial charge in [0.1, 0.15) is 0 Å². The second-order valence-electron chi connectivity index (χ2n) is 4.03. The average Bonchev–Trinajstić information content (AvgIpc) is 2.71. The van der Waals surface area contributed by atoms with Crippen molar-refractivity contribution < 1.29 is 4.79 Å². The molecule has 1 unspecified atom stereocenters. The Bertz CT molecular complexity index is 458. The Balaban J connectivity index is 2.29. The minimum absolute atomic E-state index is 0.232.